The third-order valence-electron chi connectivity index (χ3n) is 5.54. The van der Waals surface area contributed by atoms with Gasteiger partial charge in [0.05, 0.1) is 10.6 Å². The molecule has 2 heterocycles. The molecule has 0 aliphatic carbocycles. The van der Waals surface area contributed by atoms with Crippen LogP contribution in [0.4, 0.5) is 5.69 Å². The minimum atomic E-state index is -3.74. The number of hydrogen-bond acceptors (Lipinski definition) is 3. The summed E-state index contributed by atoms with van der Waals surface area (Å²) < 4.78 is 29.1. The normalized spacial score (nSPS) is 15.0. The SMILES string of the molecule is CN1CCc2c([nH]c3cccc(NS(=O)(=O)c4ccc5c(Cl)cccc5c4)c23)C1. The van der Waals surface area contributed by atoms with Crippen molar-refractivity contribution >= 4 is 49.0 Å². The maximum absolute atomic E-state index is 13.2. The molecule has 2 N–H and O–H groups in total. The number of sulfonamides is 1. The molecule has 4 aromatic rings. The maximum atomic E-state index is 13.2. The fraction of sp³-hybridized carbons (Fsp3) is 0.182. The average molecular weight is 426 g/mol. The standard InChI is InChI=1S/C22H20ClN3O2S/c1-26-11-10-17-21(13-26)24-19-6-3-7-20(22(17)19)25-29(27,28)15-8-9-16-14(12-15)4-2-5-18(16)23/h2-9,12,24-25H,10-11,13H2,1H3. The van der Waals surface area contributed by atoms with Crippen LogP contribution in [0.25, 0.3) is 21.7 Å². The predicted molar refractivity (Wildman–Crippen MR) is 118 cm³/mol. The number of nitrogens with one attached hydrogen (secondary N) is 2. The number of likely N-dealkylation sites (N-methyl/N-ethyl adjacent to an activating group) is 1. The van der Waals surface area contributed by atoms with Gasteiger partial charge in [0.25, 0.3) is 10.0 Å². The van der Waals surface area contributed by atoms with Crippen LogP contribution in [-0.4, -0.2) is 31.9 Å². The van der Waals surface area contributed by atoms with Crippen LogP contribution in [0.3, 0.4) is 0 Å². The lowest BCUT2D eigenvalue weighted by Crippen LogP contribution is -2.26. The summed E-state index contributed by atoms with van der Waals surface area (Å²) in [5.41, 5.74) is 3.91. The molecule has 1 aliphatic heterocycles. The van der Waals surface area contributed by atoms with Crippen molar-refractivity contribution in [2.45, 2.75) is 17.9 Å². The second-order valence-corrected chi connectivity index (χ2v) is 9.62. The number of rotatable bonds is 3. The van der Waals surface area contributed by atoms with Gasteiger partial charge in [-0.05, 0) is 54.8 Å². The zero-order valence-electron chi connectivity index (χ0n) is 15.9. The lowest BCUT2D eigenvalue weighted by Gasteiger charge is -2.22. The quantitative estimate of drug-likeness (QED) is 0.497. The van der Waals surface area contributed by atoms with E-state index in [9.17, 15) is 8.42 Å². The molecule has 29 heavy (non-hydrogen) atoms. The Hall–Kier alpha value is -2.54. The lowest BCUT2D eigenvalue weighted by atomic mass is 10.0. The van der Waals surface area contributed by atoms with Crippen molar-refractivity contribution < 1.29 is 8.42 Å². The zero-order chi connectivity index (χ0) is 20.2. The summed E-state index contributed by atoms with van der Waals surface area (Å²) in [6.45, 7) is 1.79. The number of benzene rings is 3. The van der Waals surface area contributed by atoms with E-state index in [0.717, 1.165) is 46.9 Å². The molecule has 0 bridgehead atoms. The van der Waals surface area contributed by atoms with Gasteiger partial charge < -0.3 is 9.88 Å². The monoisotopic (exact) mass is 425 g/mol. The van der Waals surface area contributed by atoms with E-state index in [1.807, 2.05) is 30.3 Å². The molecule has 148 valence electrons. The van der Waals surface area contributed by atoms with Crippen molar-refractivity contribution in [3.05, 3.63) is 70.9 Å². The second kappa shape index (κ2) is 6.76. The Bertz CT molecular complexity index is 1360. The van der Waals surface area contributed by atoms with Crippen LogP contribution in [0.2, 0.25) is 5.02 Å². The molecule has 0 amide bonds. The molecule has 0 unspecified atom stereocenters. The lowest BCUT2D eigenvalue weighted by molar-refractivity contribution is 0.310. The second-order valence-electron chi connectivity index (χ2n) is 7.53. The van der Waals surface area contributed by atoms with Crippen LogP contribution in [0.15, 0.2) is 59.5 Å². The van der Waals surface area contributed by atoms with E-state index in [1.165, 1.54) is 5.56 Å². The summed E-state index contributed by atoms with van der Waals surface area (Å²) in [5.74, 6) is 0. The van der Waals surface area contributed by atoms with Gasteiger partial charge in [-0.25, -0.2) is 8.42 Å². The summed E-state index contributed by atoms with van der Waals surface area (Å²) in [6, 6.07) is 16.2. The summed E-state index contributed by atoms with van der Waals surface area (Å²) >= 11 is 6.21. The van der Waals surface area contributed by atoms with Crippen LogP contribution < -0.4 is 4.72 Å². The van der Waals surface area contributed by atoms with E-state index < -0.39 is 10.0 Å². The van der Waals surface area contributed by atoms with Crippen molar-refractivity contribution in [3.63, 3.8) is 0 Å². The molecule has 0 atom stereocenters. The highest BCUT2D eigenvalue weighted by atomic mass is 35.5. The highest BCUT2D eigenvalue weighted by molar-refractivity contribution is 7.92. The average Bonchev–Trinajstić information content (AvgIpc) is 3.06. The number of aromatic nitrogens is 1. The molecule has 5 rings (SSSR count). The molecule has 0 fully saturated rings. The maximum Gasteiger partial charge on any atom is 0.261 e. The van der Waals surface area contributed by atoms with Crippen LogP contribution in [0, 0.1) is 0 Å². The molecule has 3 aromatic carbocycles. The highest BCUT2D eigenvalue weighted by Crippen LogP contribution is 2.34. The third kappa shape index (κ3) is 3.17. The smallest absolute Gasteiger partial charge is 0.261 e. The van der Waals surface area contributed by atoms with Crippen LogP contribution >= 0.6 is 11.6 Å². The van der Waals surface area contributed by atoms with E-state index in [-0.39, 0.29) is 4.90 Å². The van der Waals surface area contributed by atoms with Crippen molar-refractivity contribution in [1.82, 2.24) is 9.88 Å². The minimum absolute atomic E-state index is 0.216. The van der Waals surface area contributed by atoms with E-state index in [2.05, 4.69) is 21.7 Å². The van der Waals surface area contributed by atoms with Gasteiger partial charge in [-0.3, -0.25) is 4.72 Å². The van der Waals surface area contributed by atoms with Crippen LogP contribution in [-0.2, 0) is 23.0 Å². The summed E-state index contributed by atoms with van der Waals surface area (Å²) in [5, 5.41) is 3.19. The molecule has 0 radical (unpaired) electrons. The first-order valence-corrected chi connectivity index (χ1v) is 11.3. The van der Waals surface area contributed by atoms with Crippen molar-refractivity contribution in [3.8, 4) is 0 Å². The van der Waals surface area contributed by atoms with Gasteiger partial charge in [0.15, 0.2) is 0 Å². The van der Waals surface area contributed by atoms with E-state index in [1.54, 1.807) is 24.3 Å². The summed E-state index contributed by atoms with van der Waals surface area (Å²) in [7, 11) is -1.65. The number of halogens is 1. The molecule has 0 saturated carbocycles. The summed E-state index contributed by atoms with van der Waals surface area (Å²) in [4.78, 5) is 5.92. The topological polar surface area (TPSA) is 65.2 Å². The van der Waals surface area contributed by atoms with Crippen molar-refractivity contribution in [2.24, 2.45) is 0 Å². The first kappa shape index (κ1) is 18.5. The molecule has 1 aromatic heterocycles. The van der Waals surface area contributed by atoms with Gasteiger partial charge in [0.1, 0.15) is 0 Å². The molecular weight excluding hydrogens is 406 g/mol. The van der Waals surface area contributed by atoms with Gasteiger partial charge in [0, 0.05) is 40.1 Å². The van der Waals surface area contributed by atoms with Crippen molar-refractivity contribution in [1.29, 1.82) is 0 Å². The largest absolute Gasteiger partial charge is 0.357 e. The number of anilines is 1. The first-order valence-electron chi connectivity index (χ1n) is 9.44. The van der Waals surface area contributed by atoms with E-state index in [0.29, 0.717) is 10.7 Å². The van der Waals surface area contributed by atoms with Gasteiger partial charge in [-0.2, -0.15) is 0 Å². The van der Waals surface area contributed by atoms with Crippen LogP contribution in [0.1, 0.15) is 11.3 Å². The molecule has 5 nitrogen and oxygen atoms in total. The molecule has 0 spiro atoms. The molecular formula is C22H20ClN3O2S. The molecule has 1 aliphatic rings. The van der Waals surface area contributed by atoms with E-state index >= 15 is 0 Å². The number of nitrogens with zero attached hydrogens (tertiary/aromatic N) is 1. The van der Waals surface area contributed by atoms with Crippen LogP contribution in [0.5, 0.6) is 0 Å². The molecule has 0 saturated heterocycles. The van der Waals surface area contributed by atoms with Crippen molar-refractivity contribution in [2.75, 3.05) is 18.3 Å². The predicted octanol–water partition coefficient (Wildman–Crippen LogP) is 4.76. The Morgan fingerprint density at radius 3 is 2.79 bits per heavy atom. The van der Waals surface area contributed by atoms with Gasteiger partial charge in [-0.15, -0.1) is 0 Å². The third-order valence-corrected chi connectivity index (χ3v) is 7.23. The Morgan fingerprint density at radius 2 is 1.93 bits per heavy atom. The number of hydrogen-bond donors (Lipinski definition) is 2. The Kier molecular flexibility index (Phi) is 4.31. The van der Waals surface area contributed by atoms with E-state index in [4.69, 9.17) is 11.6 Å². The number of aromatic amines is 1. The summed E-state index contributed by atoms with van der Waals surface area (Å²) in [6.07, 6.45) is 0.888. The van der Waals surface area contributed by atoms with Gasteiger partial charge in [-0.1, -0.05) is 35.9 Å². The number of fused-ring (bicyclic) bond motifs is 4. The highest BCUT2D eigenvalue weighted by Gasteiger charge is 2.22. The zero-order valence-corrected chi connectivity index (χ0v) is 17.4. The minimum Gasteiger partial charge on any atom is -0.357 e. The fourth-order valence-electron chi connectivity index (χ4n) is 4.11. The Balaban J connectivity index is 1.58. The Labute approximate surface area is 174 Å². The molecule has 7 heteroatoms. The first-order chi connectivity index (χ1) is 13.9. The Morgan fingerprint density at radius 1 is 1.10 bits per heavy atom. The number of H-pyrrole nitrogens is 1. The fourth-order valence-corrected chi connectivity index (χ4v) is 5.46. The van der Waals surface area contributed by atoms with Gasteiger partial charge in [0.2, 0.25) is 0 Å². The van der Waals surface area contributed by atoms with Gasteiger partial charge >= 0.3 is 0 Å².